The fourth-order valence-electron chi connectivity index (χ4n) is 5.07. The van der Waals surface area contributed by atoms with Gasteiger partial charge in [-0.05, 0) is 22.8 Å². The molecule has 1 aliphatic heterocycles. The van der Waals surface area contributed by atoms with Gasteiger partial charge in [0.25, 0.3) is 0 Å². The SMILES string of the molecule is Nc1ccnn2c(C3(O)O[C@H](COCc4ccccc4)[C@@H](OCc4ccccc4)[C@H]3OCc3ccccc3)cnc12. The van der Waals surface area contributed by atoms with E-state index in [2.05, 4.69) is 10.1 Å². The largest absolute Gasteiger partial charge is 0.396 e. The third-order valence-corrected chi connectivity index (χ3v) is 7.13. The molecule has 210 valence electrons. The first-order chi connectivity index (χ1) is 20.1. The molecule has 3 N–H and O–H groups in total. The van der Waals surface area contributed by atoms with E-state index in [1.807, 2.05) is 91.0 Å². The first kappa shape index (κ1) is 27.1. The Labute approximate surface area is 238 Å². The maximum atomic E-state index is 12.3. The van der Waals surface area contributed by atoms with E-state index in [1.165, 1.54) is 10.7 Å². The number of hydrogen-bond donors (Lipinski definition) is 2. The van der Waals surface area contributed by atoms with Gasteiger partial charge >= 0.3 is 0 Å². The van der Waals surface area contributed by atoms with Crippen molar-refractivity contribution in [1.82, 2.24) is 14.6 Å². The van der Waals surface area contributed by atoms with Gasteiger partial charge in [0.2, 0.25) is 5.79 Å². The summed E-state index contributed by atoms with van der Waals surface area (Å²) in [5, 5.41) is 16.7. The van der Waals surface area contributed by atoms with Crippen LogP contribution in [0.25, 0.3) is 5.65 Å². The van der Waals surface area contributed by atoms with Gasteiger partial charge in [0.1, 0.15) is 24.0 Å². The maximum absolute atomic E-state index is 12.3. The minimum Gasteiger partial charge on any atom is -0.396 e. The molecule has 0 aliphatic carbocycles. The smallest absolute Gasteiger partial charge is 0.242 e. The molecule has 0 bridgehead atoms. The lowest BCUT2D eigenvalue weighted by Crippen LogP contribution is -2.45. The van der Waals surface area contributed by atoms with E-state index in [-0.39, 0.29) is 18.9 Å². The summed E-state index contributed by atoms with van der Waals surface area (Å²) in [5.74, 6) is -1.96. The van der Waals surface area contributed by atoms with E-state index < -0.39 is 24.1 Å². The summed E-state index contributed by atoms with van der Waals surface area (Å²) >= 11 is 0. The number of fused-ring (bicyclic) bond motifs is 1. The monoisotopic (exact) mass is 552 g/mol. The van der Waals surface area contributed by atoms with Crippen molar-refractivity contribution in [2.24, 2.45) is 0 Å². The van der Waals surface area contributed by atoms with Crippen LogP contribution in [0.1, 0.15) is 22.4 Å². The maximum Gasteiger partial charge on any atom is 0.242 e. The molecule has 6 rings (SSSR count). The number of nitrogens with zero attached hydrogens (tertiary/aromatic N) is 3. The highest BCUT2D eigenvalue weighted by Crippen LogP contribution is 2.42. The average Bonchev–Trinajstić information content (AvgIpc) is 3.57. The molecule has 9 heteroatoms. The molecule has 3 heterocycles. The van der Waals surface area contributed by atoms with Crippen LogP contribution in [0.4, 0.5) is 5.69 Å². The number of anilines is 1. The molecule has 1 unspecified atom stereocenters. The number of benzene rings is 3. The molecule has 0 saturated carbocycles. The van der Waals surface area contributed by atoms with Crippen molar-refractivity contribution in [2.75, 3.05) is 12.3 Å². The highest BCUT2D eigenvalue weighted by molar-refractivity contribution is 5.63. The molecule has 0 amide bonds. The topological polar surface area (TPSA) is 113 Å². The second kappa shape index (κ2) is 12.2. The van der Waals surface area contributed by atoms with Crippen molar-refractivity contribution >= 4 is 11.3 Å². The Morgan fingerprint density at radius 1 is 0.805 bits per heavy atom. The molecular formula is C32H32N4O5. The van der Waals surface area contributed by atoms with Gasteiger partial charge < -0.3 is 29.8 Å². The third kappa shape index (κ3) is 5.85. The number of aromatic nitrogens is 3. The van der Waals surface area contributed by atoms with E-state index in [1.54, 1.807) is 12.3 Å². The van der Waals surface area contributed by atoms with Gasteiger partial charge in [0.15, 0.2) is 5.65 Å². The zero-order valence-electron chi connectivity index (χ0n) is 22.5. The van der Waals surface area contributed by atoms with Crippen molar-refractivity contribution in [3.8, 4) is 0 Å². The lowest BCUT2D eigenvalue weighted by molar-refractivity contribution is -0.256. The minimum absolute atomic E-state index is 0.161. The number of ether oxygens (including phenoxy) is 4. The highest BCUT2D eigenvalue weighted by Gasteiger charge is 2.59. The second-order valence-electron chi connectivity index (χ2n) is 10.00. The standard InChI is InChI=1S/C32H32N4O5/c33-26-16-17-35-36-28(18-34-31(26)36)32(37)30(40-21-25-14-8-3-9-15-25)29(39-20-24-12-6-2-7-13-24)27(41-32)22-38-19-23-10-4-1-5-11-23/h1-18,27,29-30,37H,19-22,33H2/t27-,29-,30-,32?/m1/s1. The summed E-state index contributed by atoms with van der Waals surface area (Å²) in [4.78, 5) is 4.41. The molecule has 9 nitrogen and oxygen atoms in total. The molecule has 1 fully saturated rings. The van der Waals surface area contributed by atoms with E-state index >= 15 is 0 Å². The number of aliphatic hydroxyl groups is 1. The third-order valence-electron chi connectivity index (χ3n) is 7.13. The van der Waals surface area contributed by atoms with Crippen LogP contribution in [0.2, 0.25) is 0 Å². The Balaban J connectivity index is 1.33. The number of nitrogens with two attached hydrogens (primary N) is 1. The van der Waals surface area contributed by atoms with E-state index in [4.69, 9.17) is 24.7 Å². The van der Waals surface area contributed by atoms with Crippen LogP contribution < -0.4 is 5.73 Å². The Hall–Kier alpha value is -4.12. The number of nitrogen functional groups attached to an aromatic ring is 1. The molecule has 0 spiro atoms. The molecule has 1 aliphatic rings. The quantitative estimate of drug-likeness (QED) is 0.250. The first-order valence-corrected chi connectivity index (χ1v) is 13.5. The predicted molar refractivity (Wildman–Crippen MR) is 152 cm³/mol. The zero-order chi connectivity index (χ0) is 28.1. The summed E-state index contributed by atoms with van der Waals surface area (Å²) in [6.07, 6.45) is 0.764. The number of hydrogen-bond acceptors (Lipinski definition) is 8. The summed E-state index contributed by atoms with van der Waals surface area (Å²) in [7, 11) is 0. The molecule has 2 aromatic heterocycles. The Bertz CT molecular complexity index is 1550. The second-order valence-corrected chi connectivity index (χ2v) is 10.00. The highest BCUT2D eigenvalue weighted by atomic mass is 16.7. The lowest BCUT2D eigenvalue weighted by Gasteiger charge is -2.30. The van der Waals surface area contributed by atoms with Gasteiger partial charge in [0.05, 0.1) is 44.5 Å². The van der Waals surface area contributed by atoms with Crippen molar-refractivity contribution in [2.45, 2.75) is 43.9 Å². The molecule has 4 atom stereocenters. The molecule has 5 aromatic rings. The summed E-state index contributed by atoms with van der Waals surface area (Å²) in [6.45, 7) is 1.07. The van der Waals surface area contributed by atoms with Gasteiger partial charge in [-0.1, -0.05) is 91.0 Å². The van der Waals surface area contributed by atoms with Crippen LogP contribution in [0, 0.1) is 0 Å². The zero-order valence-corrected chi connectivity index (χ0v) is 22.5. The van der Waals surface area contributed by atoms with Crippen LogP contribution in [-0.4, -0.2) is 44.6 Å². The van der Waals surface area contributed by atoms with Crippen LogP contribution in [0.5, 0.6) is 0 Å². The molecule has 41 heavy (non-hydrogen) atoms. The van der Waals surface area contributed by atoms with Gasteiger partial charge in [-0.15, -0.1) is 0 Å². The fourth-order valence-corrected chi connectivity index (χ4v) is 5.07. The lowest BCUT2D eigenvalue weighted by atomic mass is 10.0. The molecule has 1 saturated heterocycles. The molecular weight excluding hydrogens is 520 g/mol. The van der Waals surface area contributed by atoms with Gasteiger partial charge in [0, 0.05) is 0 Å². The van der Waals surface area contributed by atoms with Crippen LogP contribution in [0.3, 0.4) is 0 Å². The molecule has 0 radical (unpaired) electrons. The van der Waals surface area contributed by atoms with E-state index in [0.717, 1.165) is 16.7 Å². The van der Waals surface area contributed by atoms with Gasteiger partial charge in [-0.25, -0.2) is 9.50 Å². The Morgan fingerprint density at radius 2 is 1.39 bits per heavy atom. The van der Waals surface area contributed by atoms with Crippen LogP contribution in [0.15, 0.2) is 109 Å². The van der Waals surface area contributed by atoms with Crippen molar-refractivity contribution in [3.05, 3.63) is 132 Å². The number of rotatable bonds is 11. The van der Waals surface area contributed by atoms with Crippen LogP contribution in [-0.2, 0) is 44.6 Å². The normalized spacial score (nSPS) is 22.3. The van der Waals surface area contributed by atoms with Crippen molar-refractivity contribution in [3.63, 3.8) is 0 Å². The fraction of sp³-hybridized carbons (Fsp3) is 0.250. The molecule has 3 aromatic carbocycles. The van der Waals surface area contributed by atoms with Gasteiger partial charge in [-0.2, -0.15) is 5.10 Å². The Kier molecular flexibility index (Phi) is 8.04. The van der Waals surface area contributed by atoms with E-state index in [0.29, 0.717) is 24.5 Å². The van der Waals surface area contributed by atoms with Crippen LogP contribution >= 0.6 is 0 Å². The van der Waals surface area contributed by atoms with Crippen molar-refractivity contribution < 1.29 is 24.1 Å². The van der Waals surface area contributed by atoms with E-state index in [9.17, 15) is 5.11 Å². The summed E-state index contributed by atoms with van der Waals surface area (Å²) < 4.78 is 26.9. The summed E-state index contributed by atoms with van der Waals surface area (Å²) in [6, 6.07) is 31.1. The minimum atomic E-state index is -1.96. The Morgan fingerprint density at radius 3 is 2.02 bits per heavy atom. The number of imidazole rings is 1. The predicted octanol–water partition coefficient (Wildman–Crippen LogP) is 4.24. The first-order valence-electron chi connectivity index (χ1n) is 13.5. The average molecular weight is 553 g/mol. The van der Waals surface area contributed by atoms with Gasteiger partial charge in [-0.3, -0.25) is 0 Å². The van der Waals surface area contributed by atoms with Crippen molar-refractivity contribution in [1.29, 1.82) is 0 Å². The summed E-state index contributed by atoms with van der Waals surface area (Å²) in [5.41, 5.74) is 10.2.